The van der Waals surface area contributed by atoms with Gasteiger partial charge in [0.05, 0.1) is 30.8 Å². The van der Waals surface area contributed by atoms with E-state index < -0.39 is 17.9 Å². The van der Waals surface area contributed by atoms with Crippen LogP contribution in [0.5, 0.6) is 0 Å². The van der Waals surface area contributed by atoms with Crippen molar-refractivity contribution in [2.24, 2.45) is 0 Å². The Hall–Kier alpha value is -2.61. The van der Waals surface area contributed by atoms with Gasteiger partial charge in [0.15, 0.2) is 6.29 Å². The number of aliphatic carboxylic acids is 3. The molecule has 0 atom stereocenters. The van der Waals surface area contributed by atoms with Gasteiger partial charge in [0.1, 0.15) is 0 Å². The summed E-state index contributed by atoms with van der Waals surface area (Å²) < 4.78 is 13.3. The molecule has 0 unspecified atom stereocenters. The number of rotatable bonds is 9. The van der Waals surface area contributed by atoms with Crippen LogP contribution in [0.2, 0.25) is 0 Å². The second-order valence-electron chi connectivity index (χ2n) is 13.6. The average Bonchev–Trinajstić information content (AvgIpc) is 2.97. The van der Waals surface area contributed by atoms with E-state index in [1.165, 1.54) is 32.1 Å². The number of fused-ring (bicyclic) bond motifs is 2. The summed E-state index contributed by atoms with van der Waals surface area (Å²) in [5.41, 5.74) is 2.04. The molecule has 5 aliphatic rings. The van der Waals surface area contributed by atoms with Gasteiger partial charge in [-0.1, -0.05) is 56.4 Å². The Balaban J connectivity index is 1.25. The fraction of sp³-hybridized carbons (Fsp3) is 0.727. The van der Waals surface area contributed by atoms with Crippen molar-refractivity contribution in [3.63, 3.8) is 0 Å². The SMILES string of the molecule is O=C(O)CN1CCN(CC(=O)O)CCN(Cc2ccc(C3OC45CCCCCCCC(C4)(C5)O3)cc2)CCN(CC(=O)O)CC1. The molecular weight excluding hydrogens is 580 g/mol. The number of carbonyl (C=O) groups is 3. The van der Waals surface area contributed by atoms with Crippen LogP contribution >= 0.6 is 0 Å². The van der Waals surface area contributed by atoms with Gasteiger partial charge in [-0.15, -0.1) is 0 Å². The Kier molecular flexibility index (Phi) is 11.5. The average molecular weight is 631 g/mol. The molecule has 3 N–H and O–H groups in total. The highest BCUT2D eigenvalue weighted by atomic mass is 16.7. The molecule has 5 fully saturated rings. The zero-order valence-electron chi connectivity index (χ0n) is 26.4. The summed E-state index contributed by atoms with van der Waals surface area (Å²) in [6.45, 7) is 3.97. The van der Waals surface area contributed by atoms with Gasteiger partial charge >= 0.3 is 17.9 Å². The Morgan fingerprint density at radius 2 is 0.978 bits per heavy atom. The highest BCUT2D eigenvalue weighted by Gasteiger charge is 2.61. The molecule has 3 aliphatic heterocycles. The summed E-state index contributed by atoms with van der Waals surface area (Å²) in [5.74, 6) is -2.81. The summed E-state index contributed by atoms with van der Waals surface area (Å²) in [6.07, 6.45) is 10.2. The minimum atomic E-state index is -0.966. The summed E-state index contributed by atoms with van der Waals surface area (Å²) >= 11 is 0. The first-order chi connectivity index (χ1) is 21.6. The summed E-state index contributed by atoms with van der Waals surface area (Å²) in [6, 6.07) is 8.40. The van der Waals surface area contributed by atoms with E-state index in [0.717, 1.165) is 36.8 Å². The molecule has 3 saturated heterocycles. The molecule has 2 aliphatic carbocycles. The molecule has 12 nitrogen and oxygen atoms in total. The van der Waals surface area contributed by atoms with Gasteiger partial charge < -0.3 is 24.8 Å². The van der Waals surface area contributed by atoms with Crippen LogP contribution < -0.4 is 0 Å². The number of carboxylic acids is 3. The van der Waals surface area contributed by atoms with Gasteiger partial charge in [0.25, 0.3) is 0 Å². The Labute approximate surface area is 265 Å². The van der Waals surface area contributed by atoms with Gasteiger partial charge in [-0.2, -0.15) is 0 Å². The second kappa shape index (κ2) is 15.3. The van der Waals surface area contributed by atoms with Crippen LogP contribution in [0.15, 0.2) is 24.3 Å². The monoisotopic (exact) mass is 630 g/mol. The van der Waals surface area contributed by atoms with Crippen molar-refractivity contribution in [3.8, 4) is 0 Å². The molecule has 0 radical (unpaired) electrons. The first-order valence-electron chi connectivity index (χ1n) is 16.6. The first-order valence-corrected chi connectivity index (χ1v) is 16.6. The van der Waals surface area contributed by atoms with Gasteiger partial charge in [-0.05, 0) is 18.4 Å². The predicted octanol–water partition coefficient (Wildman–Crippen LogP) is 2.72. The zero-order chi connectivity index (χ0) is 31.9. The minimum Gasteiger partial charge on any atom is -0.480 e. The van der Waals surface area contributed by atoms with E-state index in [0.29, 0.717) is 58.9 Å². The van der Waals surface area contributed by atoms with Gasteiger partial charge in [0, 0.05) is 77.3 Å². The van der Waals surface area contributed by atoms with E-state index in [2.05, 4.69) is 29.2 Å². The van der Waals surface area contributed by atoms with Crippen molar-refractivity contribution in [1.82, 2.24) is 19.6 Å². The molecule has 1 aromatic carbocycles. The number of hydrogen-bond acceptors (Lipinski definition) is 9. The number of carboxylic acid groups (broad SMARTS) is 3. The second-order valence-corrected chi connectivity index (χ2v) is 13.6. The van der Waals surface area contributed by atoms with E-state index in [1.807, 2.05) is 9.80 Å². The maximum Gasteiger partial charge on any atom is 0.317 e. The standard InChI is InChI=1S/C33H50N4O8/c38-28(39)21-35-14-12-34(13-15-36(22-29(40)41)17-19-37(18-16-35)23-30(42)43)20-26-6-8-27(9-7-26)31-44-32-10-4-2-1-3-5-11-33(24-32,25-32)45-31/h6-9,31H,1-5,10-25H2,(H,38,39)(H,40,41)(H,42,43). The Morgan fingerprint density at radius 3 is 1.38 bits per heavy atom. The summed E-state index contributed by atoms with van der Waals surface area (Å²) in [4.78, 5) is 42.3. The lowest BCUT2D eigenvalue weighted by Crippen LogP contribution is -2.64. The molecule has 6 rings (SSSR count). The van der Waals surface area contributed by atoms with Crippen LogP contribution in [0.1, 0.15) is 75.2 Å². The largest absolute Gasteiger partial charge is 0.480 e. The van der Waals surface area contributed by atoms with Crippen LogP contribution in [-0.4, -0.2) is 136 Å². The highest BCUT2D eigenvalue weighted by Crippen LogP contribution is 2.60. The van der Waals surface area contributed by atoms with Gasteiger partial charge in [0.2, 0.25) is 0 Å². The molecular formula is C33H50N4O8. The number of ether oxygens (including phenoxy) is 2. The lowest BCUT2D eigenvalue weighted by molar-refractivity contribution is -0.396. The van der Waals surface area contributed by atoms with Crippen molar-refractivity contribution in [3.05, 3.63) is 35.4 Å². The molecule has 3 heterocycles. The van der Waals surface area contributed by atoms with Crippen LogP contribution in [0.25, 0.3) is 0 Å². The molecule has 250 valence electrons. The smallest absolute Gasteiger partial charge is 0.317 e. The number of benzene rings is 1. The Bertz CT molecular complexity index is 1100. The van der Waals surface area contributed by atoms with Crippen molar-refractivity contribution in [1.29, 1.82) is 0 Å². The van der Waals surface area contributed by atoms with Gasteiger partial charge in [-0.25, -0.2) is 0 Å². The van der Waals surface area contributed by atoms with E-state index in [9.17, 15) is 29.7 Å². The van der Waals surface area contributed by atoms with E-state index in [-0.39, 0.29) is 37.1 Å². The first kappa shape index (κ1) is 33.7. The number of hydrogen-bond donors (Lipinski definition) is 3. The lowest BCUT2D eigenvalue weighted by atomic mass is 9.61. The minimum absolute atomic E-state index is 0.0490. The highest BCUT2D eigenvalue weighted by molar-refractivity contribution is 5.69. The fourth-order valence-electron chi connectivity index (χ4n) is 7.62. The maximum absolute atomic E-state index is 11.6. The molecule has 0 spiro atoms. The molecule has 12 heteroatoms. The van der Waals surface area contributed by atoms with Crippen molar-refractivity contribution in [2.45, 2.75) is 81.8 Å². The quantitative estimate of drug-likeness (QED) is 0.369. The van der Waals surface area contributed by atoms with Crippen molar-refractivity contribution < 1.29 is 39.2 Å². The maximum atomic E-state index is 11.6. The van der Waals surface area contributed by atoms with Crippen LogP contribution in [0, 0.1) is 0 Å². The lowest BCUT2D eigenvalue weighted by Gasteiger charge is -2.62. The third-order valence-corrected chi connectivity index (χ3v) is 9.93. The Morgan fingerprint density at radius 1 is 0.600 bits per heavy atom. The van der Waals surface area contributed by atoms with Crippen LogP contribution in [-0.2, 0) is 30.4 Å². The number of nitrogens with zero attached hydrogens (tertiary/aromatic N) is 4. The van der Waals surface area contributed by atoms with Crippen LogP contribution in [0.4, 0.5) is 0 Å². The molecule has 1 aromatic rings. The van der Waals surface area contributed by atoms with E-state index in [4.69, 9.17) is 9.47 Å². The van der Waals surface area contributed by atoms with E-state index in [1.54, 1.807) is 4.90 Å². The van der Waals surface area contributed by atoms with E-state index >= 15 is 0 Å². The molecule has 2 bridgehead atoms. The fourth-order valence-corrected chi connectivity index (χ4v) is 7.62. The molecule has 45 heavy (non-hydrogen) atoms. The molecule has 0 amide bonds. The molecule has 0 aromatic heterocycles. The predicted molar refractivity (Wildman–Crippen MR) is 166 cm³/mol. The summed E-state index contributed by atoms with van der Waals surface area (Å²) in [7, 11) is 0. The van der Waals surface area contributed by atoms with Crippen molar-refractivity contribution in [2.75, 3.05) is 72.0 Å². The zero-order valence-corrected chi connectivity index (χ0v) is 26.4. The summed E-state index contributed by atoms with van der Waals surface area (Å²) in [5, 5.41) is 28.4. The van der Waals surface area contributed by atoms with Gasteiger partial charge in [-0.3, -0.25) is 34.0 Å². The normalized spacial score (nSPS) is 29.9. The molecule has 2 saturated carbocycles. The van der Waals surface area contributed by atoms with Crippen LogP contribution in [0.3, 0.4) is 0 Å². The van der Waals surface area contributed by atoms with Crippen molar-refractivity contribution >= 4 is 17.9 Å². The third kappa shape index (κ3) is 9.69. The topological polar surface area (TPSA) is 143 Å². The third-order valence-electron chi connectivity index (χ3n) is 9.93.